The molecule has 0 heterocycles. The zero-order valence-corrected chi connectivity index (χ0v) is 9.98. The molecule has 0 aliphatic rings. The molecule has 0 fully saturated rings. The van der Waals surface area contributed by atoms with Crippen LogP contribution in [0.1, 0.15) is 34.1 Å². The van der Waals surface area contributed by atoms with E-state index in [1.807, 2.05) is 0 Å². The fourth-order valence-corrected chi connectivity index (χ4v) is 0.945. The van der Waals surface area contributed by atoms with E-state index in [0.717, 1.165) is 0 Å². The number of aliphatic hydroxyl groups excluding tert-OH is 1. The number of nitrogens with one attached hydrogen (secondary N) is 1. The number of amides is 1. The van der Waals surface area contributed by atoms with E-state index in [4.69, 9.17) is 9.84 Å². The average molecular weight is 233 g/mol. The maximum Gasteiger partial charge on any atom is 0.407 e. The van der Waals surface area contributed by atoms with Crippen molar-refractivity contribution in [1.29, 1.82) is 0 Å². The van der Waals surface area contributed by atoms with E-state index in [1.165, 1.54) is 6.92 Å². The number of aliphatic hydroxyl groups is 1. The van der Waals surface area contributed by atoms with Gasteiger partial charge in [-0.3, -0.25) is 4.79 Å². The van der Waals surface area contributed by atoms with Crippen LogP contribution in [0.15, 0.2) is 0 Å². The van der Waals surface area contributed by atoms with E-state index in [1.54, 1.807) is 20.8 Å². The summed E-state index contributed by atoms with van der Waals surface area (Å²) in [5, 5.41) is 20.2. The summed E-state index contributed by atoms with van der Waals surface area (Å²) in [7, 11) is 0. The van der Waals surface area contributed by atoms with Gasteiger partial charge in [0.2, 0.25) is 0 Å². The van der Waals surface area contributed by atoms with Crippen molar-refractivity contribution in [2.75, 3.05) is 0 Å². The Morgan fingerprint density at radius 1 is 1.38 bits per heavy atom. The number of aliphatic carboxylic acids is 1. The number of alkyl carbamates (subject to hydrolysis) is 1. The Morgan fingerprint density at radius 3 is 2.25 bits per heavy atom. The molecule has 0 aliphatic carbocycles. The highest BCUT2D eigenvalue weighted by atomic mass is 16.6. The largest absolute Gasteiger partial charge is 0.481 e. The van der Waals surface area contributed by atoms with E-state index in [-0.39, 0.29) is 0 Å². The van der Waals surface area contributed by atoms with Crippen molar-refractivity contribution >= 4 is 12.1 Å². The van der Waals surface area contributed by atoms with Crippen LogP contribution in [0.25, 0.3) is 0 Å². The molecule has 0 spiro atoms. The fourth-order valence-electron chi connectivity index (χ4n) is 0.945. The van der Waals surface area contributed by atoms with E-state index in [9.17, 15) is 14.7 Å². The van der Waals surface area contributed by atoms with Crippen LogP contribution in [0.5, 0.6) is 0 Å². The molecule has 1 amide bonds. The molecule has 0 unspecified atom stereocenters. The molecule has 0 aromatic rings. The molecule has 0 saturated carbocycles. The second-order valence-corrected chi connectivity index (χ2v) is 4.60. The second kappa shape index (κ2) is 5.69. The quantitative estimate of drug-likeness (QED) is 0.665. The Balaban J connectivity index is 4.09. The molecule has 0 bridgehead atoms. The molecule has 2 atom stereocenters. The van der Waals surface area contributed by atoms with Gasteiger partial charge in [-0.1, -0.05) is 0 Å². The first-order chi connectivity index (χ1) is 7.11. The van der Waals surface area contributed by atoms with Gasteiger partial charge >= 0.3 is 12.1 Å². The molecule has 6 heteroatoms. The highest BCUT2D eigenvalue weighted by Crippen LogP contribution is 2.07. The van der Waals surface area contributed by atoms with Crippen LogP contribution in [-0.4, -0.2) is 40.0 Å². The predicted octanol–water partition coefficient (Wildman–Crippen LogP) is 0.735. The Kier molecular flexibility index (Phi) is 5.23. The lowest BCUT2D eigenvalue weighted by Crippen LogP contribution is -2.44. The molecular weight excluding hydrogens is 214 g/mol. The lowest BCUT2D eigenvalue weighted by Gasteiger charge is -2.23. The molecule has 0 aliphatic heterocycles. The third kappa shape index (κ3) is 7.05. The minimum Gasteiger partial charge on any atom is -0.481 e. The zero-order valence-electron chi connectivity index (χ0n) is 9.98. The number of hydrogen-bond donors (Lipinski definition) is 3. The van der Waals surface area contributed by atoms with Gasteiger partial charge in [-0.15, -0.1) is 0 Å². The number of hydrogen-bond acceptors (Lipinski definition) is 4. The minimum absolute atomic E-state index is 0.420. The predicted molar refractivity (Wildman–Crippen MR) is 57.1 cm³/mol. The van der Waals surface area contributed by atoms with Crippen molar-refractivity contribution in [3.8, 4) is 0 Å². The lowest BCUT2D eigenvalue weighted by molar-refractivity contribution is -0.139. The third-order valence-corrected chi connectivity index (χ3v) is 1.71. The zero-order chi connectivity index (χ0) is 12.9. The van der Waals surface area contributed by atoms with Crippen molar-refractivity contribution in [3.05, 3.63) is 0 Å². The molecule has 0 aromatic carbocycles. The lowest BCUT2D eigenvalue weighted by atomic mass is 10.1. The van der Waals surface area contributed by atoms with Crippen LogP contribution in [0.2, 0.25) is 0 Å². The molecule has 3 N–H and O–H groups in total. The number of carbonyl (C=O) groups is 2. The van der Waals surface area contributed by atoms with Crippen LogP contribution in [-0.2, 0) is 9.53 Å². The number of rotatable bonds is 4. The Morgan fingerprint density at radius 2 is 1.88 bits per heavy atom. The Labute approximate surface area is 94.6 Å². The first kappa shape index (κ1) is 14.7. The summed E-state index contributed by atoms with van der Waals surface area (Å²) in [6.45, 7) is 6.65. The monoisotopic (exact) mass is 233 g/mol. The van der Waals surface area contributed by atoms with E-state index < -0.39 is 36.2 Å². The summed E-state index contributed by atoms with van der Waals surface area (Å²) in [5.41, 5.74) is -0.623. The number of ether oxygens (including phenoxy) is 1. The second-order valence-electron chi connectivity index (χ2n) is 4.60. The van der Waals surface area contributed by atoms with Crippen molar-refractivity contribution in [3.63, 3.8) is 0 Å². The van der Waals surface area contributed by atoms with Gasteiger partial charge in [0.15, 0.2) is 0 Å². The van der Waals surface area contributed by atoms with Gasteiger partial charge in [0.1, 0.15) is 5.60 Å². The molecule has 94 valence electrons. The van der Waals surface area contributed by atoms with Gasteiger partial charge in [0.25, 0.3) is 0 Å². The maximum atomic E-state index is 11.3. The number of carbonyl (C=O) groups excluding carboxylic acids is 1. The van der Waals surface area contributed by atoms with Crippen LogP contribution >= 0.6 is 0 Å². The molecule has 0 radical (unpaired) electrons. The minimum atomic E-state index is -1.13. The molecule has 6 nitrogen and oxygen atoms in total. The van der Waals surface area contributed by atoms with Crippen molar-refractivity contribution in [1.82, 2.24) is 5.32 Å². The number of carboxylic acids is 1. The molecule has 16 heavy (non-hydrogen) atoms. The van der Waals surface area contributed by atoms with Crippen LogP contribution in [0.3, 0.4) is 0 Å². The van der Waals surface area contributed by atoms with Crippen LogP contribution < -0.4 is 5.32 Å². The van der Waals surface area contributed by atoms with Crippen molar-refractivity contribution in [2.45, 2.75) is 51.9 Å². The van der Waals surface area contributed by atoms with Gasteiger partial charge in [-0.05, 0) is 27.7 Å². The summed E-state index contributed by atoms with van der Waals surface area (Å²) in [4.78, 5) is 21.6. The van der Waals surface area contributed by atoms with Gasteiger partial charge in [0.05, 0.1) is 18.6 Å². The van der Waals surface area contributed by atoms with Crippen molar-refractivity contribution < 1.29 is 24.5 Å². The Bertz CT molecular complexity index is 258. The topological polar surface area (TPSA) is 95.9 Å². The van der Waals surface area contributed by atoms with Gasteiger partial charge in [-0.2, -0.15) is 0 Å². The van der Waals surface area contributed by atoms with Gasteiger partial charge in [0, 0.05) is 0 Å². The summed E-state index contributed by atoms with van der Waals surface area (Å²) in [6, 6.07) is -0.675. The van der Waals surface area contributed by atoms with E-state index in [0.29, 0.717) is 0 Å². The highest BCUT2D eigenvalue weighted by Gasteiger charge is 2.22. The van der Waals surface area contributed by atoms with E-state index >= 15 is 0 Å². The van der Waals surface area contributed by atoms with Crippen LogP contribution in [0, 0.1) is 0 Å². The molecule has 0 aromatic heterocycles. The molecule has 0 saturated heterocycles. The first-order valence-electron chi connectivity index (χ1n) is 5.01. The molecular formula is C10H19NO5. The van der Waals surface area contributed by atoms with Gasteiger partial charge < -0.3 is 20.3 Å². The first-order valence-corrected chi connectivity index (χ1v) is 5.01. The average Bonchev–Trinajstić information content (AvgIpc) is 1.98. The summed E-state index contributed by atoms with van der Waals surface area (Å²) in [6.07, 6.45) is -2.23. The van der Waals surface area contributed by atoms with Crippen LogP contribution in [0.4, 0.5) is 4.79 Å². The van der Waals surface area contributed by atoms with E-state index in [2.05, 4.69) is 5.32 Å². The Hall–Kier alpha value is -1.30. The summed E-state index contributed by atoms with van der Waals surface area (Å²) >= 11 is 0. The maximum absolute atomic E-state index is 11.3. The SMILES string of the molecule is C[C@@H](NC(=O)OC(C)(C)C)[C@@H](O)CC(=O)O. The van der Waals surface area contributed by atoms with Gasteiger partial charge in [-0.25, -0.2) is 4.79 Å². The number of carboxylic acid groups (broad SMARTS) is 1. The summed E-state index contributed by atoms with van der Waals surface area (Å²) in [5.74, 6) is -1.12. The standard InChI is InChI=1S/C10H19NO5/c1-6(7(12)5-8(13)14)11-9(15)16-10(2,3)4/h6-7,12H,5H2,1-4H3,(H,11,15)(H,13,14)/t6-,7+/m1/s1. The third-order valence-electron chi connectivity index (χ3n) is 1.71. The smallest absolute Gasteiger partial charge is 0.407 e. The van der Waals surface area contributed by atoms with Crippen molar-refractivity contribution in [2.24, 2.45) is 0 Å². The highest BCUT2D eigenvalue weighted by molar-refractivity contribution is 5.69. The summed E-state index contributed by atoms with van der Waals surface area (Å²) < 4.78 is 4.95. The molecule has 0 rings (SSSR count). The normalized spacial score (nSPS) is 15.1. The fraction of sp³-hybridized carbons (Fsp3) is 0.800.